The van der Waals surface area contributed by atoms with Gasteiger partial charge in [-0.3, -0.25) is 4.79 Å². The summed E-state index contributed by atoms with van der Waals surface area (Å²) in [6.07, 6.45) is 2.82. The highest BCUT2D eigenvalue weighted by molar-refractivity contribution is 6.14. The highest BCUT2D eigenvalue weighted by Crippen LogP contribution is 2.35. The van der Waals surface area contributed by atoms with E-state index < -0.39 is 11.8 Å². The van der Waals surface area contributed by atoms with Crippen LogP contribution in [-0.2, 0) is 0 Å². The molecule has 1 aliphatic rings. The summed E-state index contributed by atoms with van der Waals surface area (Å²) < 4.78 is 29.0. The summed E-state index contributed by atoms with van der Waals surface area (Å²) in [5.41, 5.74) is 0.844. The minimum atomic E-state index is -0.658. The van der Waals surface area contributed by atoms with Crippen LogP contribution in [0, 0.1) is 5.82 Å². The molecule has 0 atom stereocenters. The summed E-state index contributed by atoms with van der Waals surface area (Å²) in [7, 11) is 0. The van der Waals surface area contributed by atoms with E-state index in [2.05, 4.69) is 0 Å². The Morgan fingerprint density at radius 3 is 2.73 bits per heavy atom. The number of ketones is 1. The first-order valence-electron chi connectivity index (χ1n) is 7.70. The Kier molecular flexibility index (Phi) is 3.85. The molecule has 6 heteroatoms. The molecule has 0 aliphatic carbocycles. The third kappa shape index (κ3) is 3.00. The van der Waals surface area contributed by atoms with E-state index in [-0.39, 0.29) is 28.8 Å². The number of hydrogen-bond acceptors (Lipinski definition) is 5. The minimum Gasteiger partial charge on any atom is -0.457 e. The number of carbonyl (C=O) groups is 2. The van der Waals surface area contributed by atoms with Crippen molar-refractivity contribution in [2.24, 2.45) is 0 Å². The van der Waals surface area contributed by atoms with Crippen molar-refractivity contribution in [1.82, 2.24) is 0 Å². The quantitative estimate of drug-likeness (QED) is 0.401. The first-order valence-corrected chi connectivity index (χ1v) is 7.70. The molecule has 0 radical (unpaired) electrons. The van der Waals surface area contributed by atoms with Crippen LogP contribution in [0.4, 0.5) is 4.39 Å². The molecule has 0 amide bonds. The molecule has 0 N–H and O–H groups in total. The normalized spacial score (nSPS) is 14.2. The maximum atomic E-state index is 13.3. The van der Waals surface area contributed by atoms with Crippen LogP contribution in [0.15, 0.2) is 71.0 Å². The van der Waals surface area contributed by atoms with Crippen molar-refractivity contribution < 1.29 is 27.9 Å². The summed E-state index contributed by atoms with van der Waals surface area (Å²) in [4.78, 5) is 24.3. The third-order valence-corrected chi connectivity index (χ3v) is 3.72. The predicted molar refractivity (Wildman–Crippen MR) is 89.4 cm³/mol. The Morgan fingerprint density at radius 1 is 1.08 bits per heavy atom. The van der Waals surface area contributed by atoms with Gasteiger partial charge in [-0.1, -0.05) is 12.1 Å². The number of Topliss-reactive ketones (excluding diaryl/α,β-unsaturated/α-hetero) is 1. The van der Waals surface area contributed by atoms with Crippen LogP contribution in [0.1, 0.15) is 26.5 Å². The fourth-order valence-corrected chi connectivity index (χ4v) is 2.53. The van der Waals surface area contributed by atoms with Crippen LogP contribution in [0.2, 0.25) is 0 Å². The van der Waals surface area contributed by atoms with Crippen LogP contribution >= 0.6 is 0 Å². The molecule has 0 fully saturated rings. The van der Waals surface area contributed by atoms with Crippen molar-refractivity contribution >= 4 is 17.8 Å². The number of benzene rings is 2. The van der Waals surface area contributed by atoms with E-state index in [4.69, 9.17) is 13.9 Å². The Bertz CT molecular complexity index is 1030. The minimum absolute atomic E-state index is 0.0641. The number of rotatable bonds is 3. The number of carbonyl (C=O) groups excluding carboxylic acids is 2. The summed E-state index contributed by atoms with van der Waals surface area (Å²) in [5, 5.41) is 0. The number of fused-ring (bicyclic) bond motifs is 1. The van der Waals surface area contributed by atoms with Crippen LogP contribution in [0.25, 0.3) is 6.08 Å². The van der Waals surface area contributed by atoms with Crippen molar-refractivity contribution in [2.45, 2.75) is 0 Å². The van der Waals surface area contributed by atoms with Gasteiger partial charge in [-0.2, -0.15) is 0 Å². The molecular weight excluding hydrogens is 339 g/mol. The number of allylic oxidation sites excluding steroid dienone is 1. The van der Waals surface area contributed by atoms with E-state index in [0.29, 0.717) is 11.1 Å². The molecule has 0 spiro atoms. The molecule has 3 aromatic rings. The summed E-state index contributed by atoms with van der Waals surface area (Å²) in [6.45, 7) is 0. The van der Waals surface area contributed by atoms with Crippen LogP contribution in [0.3, 0.4) is 0 Å². The van der Waals surface area contributed by atoms with Gasteiger partial charge in [-0.15, -0.1) is 0 Å². The van der Waals surface area contributed by atoms with Crippen molar-refractivity contribution in [2.75, 3.05) is 0 Å². The average molecular weight is 350 g/mol. The van der Waals surface area contributed by atoms with Crippen LogP contribution in [0.5, 0.6) is 11.5 Å². The largest absolute Gasteiger partial charge is 0.457 e. The zero-order chi connectivity index (χ0) is 18.1. The van der Waals surface area contributed by atoms with E-state index in [9.17, 15) is 14.0 Å². The lowest BCUT2D eigenvalue weighted by Gasteiger charge is -2.04. The van der Waals surface area contributed by atoms with Gasteiger partial charge in [0.1, 0.15) is 17.3 Å². The van der Waals surface area contributed by atoms with E-state index in [1.165, 1.54) is 48.7 Å². The number of halogens is 1. The summed E-state index contributed by atoms with van der Waals surface area (Å²) >= 11 is 0. The SMILES string of the molecule is O=C(Oc1ccc2c(c1)O/C(=C\c1cccc(F)c1)C2=O)c1ccco1. The second kappa shape index (κ2) is 6.33. The highest BCUT2D eigenvalue weighted by atomic mass is 19.1. The lowest BCUT2D eigenvalue weighted by atomic mass is 10.1. The van der Waals surface area contributed by atoms with Gasteiger partial charge in [0, 0.05) is 6.07 Å². The number of furan rings is 1. The fraction of sp³-hybridized carbons (Fsp3) is 0. The van der Waals surface area contributed by atoms with Crippen molar-refractivity contribution in [1.29, 1.82) is 0 Å². The van der Waals surface area contributed by atoms with Gasteiger partial charge in [0.15, 0.2) is 5.76 Å². The zero-order valence-corrected chi connectivity index (χ0v) is 13.3. The molecule has 0 saturated heterocycles. The molecule has 26 heavy (non-hydrogen) atoms. The number of esters is 1. The first-order chi connectivity index (χ1) is 12.6. The van der Waals surface area contributed by atoms with Gasteiger partial charge in [0.05, 0.1) is 11.8 Å². The Labute approximate surface area is 147 Å². The fourth-order valence-electron chi connectivity index (χ4n) is 2.53. The molecule has 1 aliphatic heterocycles. The van der Waals surface area contributed by atoms with E-state index in [0.717, 1.165) is 0 Å². The number of hydrogen-bond donors (Lipinski definition) is 0. The highest BCUT2D eigenvalue weighted by Gasteiger charge is 2.28. The monoisotopic (exact) mass is 350 g/mol. The van der Waals surface area contributed by atoms with Gasteiger partial charge in [-0.05, 0) is 48.0 Å². The van der Waals surface area contributed by atoms with Gasteiger partial charge in [-0.25, -0.2) is 9.18 Å². The van der Waals surface area contributed by atoms with Crippen LogP contribution < -0.4 is 9.47 Å². The molecule has 1 aromatic heterocycles. The molecule has 2 heterocycles. The predicted octanol–water partition coefficient (Wildman–Crippen LogP) is 4.25. The van der Waals surface area contributed by atoms with Crippen molar-refractivity contribution in [3.8, 4) is 11.5 Å². The molecule has 0 saturated carbocycles. The zero-order valence-electron chi connectivity index (χ0n) is 13.3. The lowest BCUT2D eigenvalue weighted by molar-refractivity contribution is 0.0701. The van der Waals surface area contributed by atoms with E-state index >= 15 is 0 Å². The lowest BCUT2D eigenvalue weighted by Crippen LogP contribution is -2.07. The third-order valence-electron chi connectivity index (χ3n) is 3.72. The second-order valence-electron chi connectivity index (χ2n) is 5.52. The van der Waals surface area contributed by atoms with Crippen LogP contribution in [-0.4, -0.2) is 11.8 Å². The van der Waals surface area contributed by atoms with E-state index in [1.54, 1.807) is 18.2 Å². The van der Waals surface area contributed by atoms with Gasteiger partial charge in [0.25, 0.3) is 0 Å². The first kappa shape index (κ1) is 15.8. The molecule has 2 aromatic carbocycles. The maximum Gasteiger partial charge on any atom is 0.379 e. The molecule has 0 unspecified atom stereocenters. The standard InChI is InChI=1S/C20H11FO5/c21-13-4-1-3-12(9-13)10-18-19(22)15-7-6-14(11-17(15)26-18)25-20(23)16-5-2-8-24-16/h1-11H/b18-10-. The second-order valence-corrected chi connectivity index (χ2v) is 5.52. The smallest absolute Gasteiger partial charge is 0.379 e. The molecule has 4 rings (SSSR count). The van der Waals surface area contributed by atoms with E-state index in [1.807, 2.05) is 0 Å². The van der Waals surface area contributed by atoms with Crippen molar-refractivity contribution in [3.63, 3.8) is 0 Å². The molecular formula is C20H11FO5. The Balaban J connectivity index is 1.58. The van der Waals surface area contributed by atoms with Gasteiger partial charge in [0.2, 0.25) is 11.5 Å². The molecule has 0 bridgehead atoms. The Morgan fingerprint density at radius 2 is 1.96 bits per heavy atom. The van der Waals surface area contributed by atoms with Gasteiger partial charge >= 0.3 is 5.97 Å². The molecule has 5 nitrogen and oxygen atoms in total. The van der Waals surface area contributed by atoms with Crippen molar-refractivity contribution in [3.05, 3.63) is 89.3 Å². The van der Waals surface area contributed by atoms with Gasteiger partial charge < -0.3 is 13.9 Å². The molecule has 128 valence electrons. The topological polar surface area (TPSA) is 65.7 Å². The summed E-state index contributed by atoms with van der Waals surface area (Å²) in [6, 6.07) is 13.3. The Hall–Kier alpha value is -3.67. The maximum absolute atomic E-state index is 13.3. The number of ether oxygens (including phenoxy) is 2. The average Bonchev–Trinajstić information content (AvgIpc) is 3.24. The summed E-state index contributed by atoms with van der Waals surface area (Å²) in [5.74, 6) is -0.779.